The van der Waals surface area contributed by atoms with E-state index in [1.54, 1.807) is 0 Å². The van der Waals surface area contributed by atoms with Crippen LogP contribution in [0.1, 0.15) is 36.0 Å². The third-order valence-corrected chi connectivity index (χ3v) is 3.07. The molecule has 1 aromatic heterocycles. The molecule has 1 saturated heterocycles. The Balaban J connectivity index is 1.76. The van der Waals surface area contributed by atoms with Crippen molar-refractivity contribution >= 4 is 5.91 Å². The second kappa shape index (κ2) is 6.35. The molecule has 5 nitrogen and oxygen atoms in total. The number of carbonyl (C=O) groups is 1. The normalized spacial score (nSPS) is 19.4. The minimum atomic E-state index is -0.272. The van der Waals surface area contributed by atoms with Gasteiger partial charge in [0.15, 0.2) is 0 Å². The number of ether oxygens (including phenoxy) is 1. The Morgan fingerprint density at radius 3 is 3.17 bits per heavy atom. The first-order chi connectivity index (χ1) is 8.77. The zero-order valence-corrected chi connectivity index (χ0v) is 10.3. The first-order valence-corrected chi connectivity index (χ1v) is 6.30. The zero-order valence-electron chi connectivity index (χ0n) is 10.3. The van der Waals surface area contributed by atoms with Crippen LogP contribution in [-0.2, 0) is 4.74 Å². The number of nitrogens with one attached hydrogen (secondary N) is 1. The fourth-order valence-electron chi connectivity index (χ4n) is 2.06. The van der Waals surface area contributed by atoms with Gasteiger partial charge in [0.1, 0.15) is 5.75 Å². The van der Waals surface area contributed by atoms with Crippen LogP contribution >= 0.6 is 0 Å². The number of nitrogens with zero attached hydrogens (tertiary/aromatic N) is 1. The molecular weight excluding hydrogens is 232 g/mol. The molecule has 2 heterocycles. The Morgan fingerprint density at radius 1 is 1.56 bits per heavy atom. The molecule has 1 fully saturated rings. The summed E-state index contributed by atoms with van der Waals surface area (Å²) >= 11 is 0. The highest BCUT2D eigenvalue weighted by Gasteiger charge is 2.15. The summed E-state index contributed by atoms with van der Waals surface area (Å²) in [5.41, 5.74) is 0.259. The lowest BCUT2D eigenvalue weighted by Gasteiger charge is -2.22. The molecule has 0 aliphatic carbocycles. The molecule has 0 saturated carbocycles. The third-order valence-electron chi connectivity index (χ3n) is 3.07. The number of amides is 1. The predicted octanol–water partition coefficient (Wildman–Crippen LogP) is 1.48. The maximum Gasteiger partial charge on any atom is 0.255 e. The maximum atomic E-state index is 11.8. The van der Waals surface area contributed by atoms with Crippen molar-refractivity contribution in [1.29, 1.82) is 0 Å². The maximum absolute atomic E-state index is 11.8. The Bertz CT molecular complexity index is 403. The molecule has 0 radical (unpaired) electrons. The van der Waals surface area contributed by atoms with Gasteiger partial charge in [-0.3, -0.25) is 9.78 Å². The van der Waals surface area contributed by atoms with Crippen molar-refractivity contribution in [3.05, 3.63) is 24.0 Å². The van der Waals surface area contributed by atoms with Crippen molar-refractivity contribution < 1.29 is 14.6 Å². The third kappa shape index (κ3) is 3.43. The predicted molar refractivity (Wildman–Crippen MR) is 66.4 cm³/mol. The van der Waals surface area contributed by atoms with E-state index in [1.165, 1.54) is 24.9 Å². The smallest absolute Gasteiger partial charge is 0.255 e. The molecule has 1 unspecified atom stereocenters. The van der Waals surface area contributed by atoms with Crippen molar-refractivity contribution in [1.82, 2.24) is 10.3 Å². The monoisotopic (exact) mass is 250 g/mol. The molecule has 5 heteroatoms. The van der Waals surface area contributed by atoms with Gasteiger partial charge in [0.2, 0.25) is 0 Å². The quantitative estimate of drug-likeness (QED) is 0.849. The van der Waals surface area contributed by atoms with Crippen LogP contribution in [0.15, 0.2) is 18.5 Å². The molecule has 1 aliphatic rings. The minimum Gasteiger partial charge on any atom is -0.505 e. The van der Waals surface area contributed by atoms with E-state index >= 15 is 0 Å². The van der Waals surface area contributed by atoms with Crippen LogP contribution in [0.4, 0.5) is 0 Å². The molecule has 1 atom stereocenters. The lowest BCUT2D eigenvalue weighted by Crippen LogP contribution is -2.29. The number of rotatable bonds is 4. The number of carbonyl (C=O) groups excluding carboxylic acids is 1. The molecular formula is C13H18N2O3. The van der Waals surface area contributed by atoms with E-state index in [2.05, 4.69) is 10.3 Å². The lowest BCUT2D eigenvalue weighted by atomic mass is 10.1. The summed E-state index contributed by atoms with van der Waals surface area (Å²) in [6.45, 7) is 1.38. The van der Waals surface area contributed by atoms with Crippen LogP contribution < -0.4 is 5.32 Å². The Kier molecular flexibility index (Phi) is 4.52. The van der Waals surface area contributed by atoms with Crippen LogP contribution in [0, 0.1) is 0 Å². The molecule has 1 aliphatic heterocycles. The van der Waals surface area contributed by atoms with Crippen LogP contribution in [0.5, 0.6) is 5.75 Å². The second-order valence-electron chi connectivity index (χ2n) is 4.43. The average molecular weight is 250 g/mol. The van der Waals surface area contributed by atoms with Crippen LogP contribution in [0.25, 0.3) is 0 Å². The lowest BCUT2D eigenvalue weighted by molar-refractivity contribution is 0.0117. The standard InChI is InChI=1S/C13H18N2O3/c16-12-9-14-6-5-11(12)13(17)15-7-4-10-3-1-2-8-18-10/h5-6,9-10,16H,1-4,7-8H2,(H,15,17). The molecule has 0 aromatic carbocycles. The molecule has 18 heavy (non-hydrogen) atoms. The van der Waals surface area contributed by atoms with E-state index in [1.807, 2.05) is 0 Å². The van der Waals surface area contributed by atoms with Crippen LogP contribution in [-0.4, -0.2) is 35.3 Å². The van der Waals surface area contributed by atoms with E-state index in [0.29, 0.717) is 6.54 Å². The average Bonchev–Trinajstić information content (AvgIpc) is 2.40. The summed E-state index contributed by atoms with van der Waals surface area (Å²) in [4.78, 5) is 15.5. The number of hydrogen-bond donors (Lipinski definition) is 2. The topological polar surface area (TPSA) is 71.5 Å². The van der Waals surface area contributed by atoms with Gasteiger partial charge >= 0.3 is 0 Å². The summed E-state index contributed by atoms with van der Waals surface area (Å²) in [5, 5.41) is 12.3. The van der Waals surface area contributed by atoms with Crippen LogP contribution in [0.3, 0.4) is 0 Å². The second-order valence-corrected chi connectivity index (χ2v) is 4.43. The highest BCUT2D eigenvalue weighted by Crippen LogP contribution is 2.16. The van der Waals surface area contributed by atoms with Gasteiger partial charge in [0.05, 0.1) is 17.9 Å². The number of pyridine rings is 1. The van der Waals surface area contributed by atoms with Gasteiger partial charge in [0.25, 0.3) is 5.91 Å². The fourth-order valence-corrected chi connectivity index (χ4v) is 2.06. The SMILES string of the molecule is O=C(NCCC1CCCCO1)c1ccncc1O. The van der Waals surface area contributed by atoms with Crippen LogP contribution in [0.2, 0.25) is 0 Å². The van der Waals surface area contributed by atoms with Crippen molar-refractivity contribution in [3.63, 3.8) is 0 Å². The largest absolute Gasteiger partial charge is 0.505 e. The van der Waals surface area contributed by atoms with Crippen molar-refractivity contribution in [2.45, 2.75) is 31.8 Å². The molecule has 2 rings (SSSR count). The Hall–Kier alpha value is -1.62. The first-order valence-electron chi connectivity index (χ1n) is 6.30. The van der Waals surface area contributed by atoms with Crippen molar-refractivity contribution in [2.75, 3.05) is 13.2 Å². The minimum absolute atomic E-state index is 0.0936. The summed E-state index contributed by atoms with van der Waals surface area (Å²) in [7, 11) is 0. The highest BCUT2D eigenvalue weighted by molar-refractivity contribution is 5.96. The van der Waals surface area contributed by atoms with Gasteiger partial charge in [-0.2, -0.15) is 0 Å². The Morgan fingerprint density at radius 2 is 2.44 bits per heavy atom. The summed E-state index contributed by atoms with van der Waals surface area (Å²) < 4.78 is 5.58. The molecule has 0 bridgehead atoms. The Labute approximate surface area is 106 Å². The molecule has 1 amide bonds. The van der Waals surface area contributed by atoms with E-state index < -0.39 is 0 Å². The summed E-state index contributed by atoms with van der Waals surface area (Å²) in [6, 6.07) is 1.50. The van der Waals surface area contributed by atoms with Gasteiger partial charge in [-0.15, -0.1) is 0 Å². The van der Waals surface area contributed by atoms with E-state index in [4.69, 9.17) is 4.74 Å². The summed E-state index contributed by atoms with van der Waals surface area (Å²) in [5.74, 6) is -0.366. The van der Waals surface area contributed by atoms with Gasteiger partial charge < -0.3 is 15.2 Å². The molecule has 98 valence electrons. The molecule has 2 N–H and O–H groups in total. The van der Waals surface area contributed by atoms with E-state index in [9.17, 15) is 9.90 Å². The highest BCUT2D eigenvalue weighted by atomic mass is 16.5. The first kappa shape index (κ1) is 12.8. The zero-order chi connectivity index (χ0) is 12.8. The number of hydrogen-bond acceptors (Lipinski definition) is 4. The van der Waals surface area contributed by atoms with E-state index in [-0.39, 0.29) is 23.3 Å². The van der Waals surface area contributed by atoms with Gasteiger partial charge in [-0.05, 0) is 31.7 Å². The van der Waals surface area contributed by atoms with Crippen molar-refractivity contribution in [3.8, 4) is 5.75 Å². The summed E-state index contributed by atoms with van der Waals surface area (Å²) in [6.07, 6.45) is 7.22. The van der Waals surface area contributed by atoms with Crippen molar-refractivity contribution in [2.24, 2.45) is 0 Å². The van der Waals surface area contributed by atoms with Gasteiger partial charge in [-0.1, -0.05) is 0 Å². The molecule has 1 aromatic rings. The van der Waals surface area contributed by atoms with E-state index in [0.717, 1.165) is 25.9 Å². The fraction of sp³-hybridized carbons (Fsp3) is 0.538. The number of aromatic hydroxyl groups is 1. The van der Waals surface area contributed by atoms with Gasteiger partial charge in [-0.25, -0.2) is 0 Å². The number of aromatic nitrogens is 1. The molecule has 0 spiro atoms. The van der Waals surface area contributed by atoms with Gasteiger partial charge in [0, 0.05) is 19.3 Å².